The van der Waals surface area contributed by atoms with Gasteiger partial charge in [0.15, 0.2) is 0 Å². The van der Waals surface area contributed by atoms with Crippen LogP contribution in [0.2, 0.25) is 6.55 Å². The lowest BCUT2D eigenvalue weighted by Crippen LogP contribution is -2.10. The van der Waals surface area contributed by atoms with Gasteiger partial charge in [-0.3, -0.25) is 0 Å². The lowest BCUT2D eigenvalue weighted by atomic mass is 9.99. The maximum Gasteiger partial charge on any atom is 0.328 e. The molecule has 0 aliphatic rings. The number of benzene rings is 1. The molecule has 0 saturated carbocycles. The summed E-state index contributed by atoms with van der Waals surface area (Å²) in [7, 11) is -1.55. The van der Waals surface area contributed by atoms with Crippen LogP contribution < -0.4 is 4.43 Å². The lowest BCUT2D eigenvalue weighted by Gasteiger charge is -2.15. The highest BCUT2D eigenvalue weighted by atomic mass is 35.6. The Bertz CT molecular complexity index is 361. The predicted octanol–water partition coefficient (Wildman–Crippen LogP) is 4.01. The summed E-state index contributed by atoms with van der Waals surface area (Å²) in [6.07, 6.45) is 2.72. The van der Waals surface area contributed by atoms with Crippen LogP contribution in [0.15, 0.2) is 30.9 Å². The molecule has 1 rings (SSSR count). The summed E-state index contributed by atoms with van der Waals surface area (Å²) in [5.74, 6) is 1.45. The van der Waals surface area contributed by atoms with Gasteiger partial charge in [0.05, 0.1) is 0 Å². The summed E-state index contributed by atoms with van der Waals surface area (Å²) >= 11 is 5.98. The van der Waals surface area contributed by atoms with Gasteiger partial charge in [0, 0.05) is 0 Å². The fraction of sp³-hybridized carbons (Fsp3) is 0.385. The number of hydrogen-bond acceptors (Lipinski definition) is 1. The molecule has 0 radical (unpaired) electrons. The van der Waals surface area contributed by atoms with Crippen LogP contribution >= 0.6 is 11.1 Å². The van der Waals surface area contributed by atoms with Crippen molar-refractivity contribution in [2.24, 2.45) is 0 Å². The number of halogens is 1. The van der Waals surface area contributed by atoms with Gasteiger partial charge >= 0.3 is 8.35 Å². The quantitative estimate of drug-likeness (QED) is 0.438. The molecule has 0 aliphatic carbocycles. The average molecular weight is 255 g/mol. The first-order valence-corrected chi connectivity index (χ1v) is 8.96. The molecule has 88 valence electrons. The van der Waals surface area contributed by atoms with E-state index in [-0.39, 0.29) is 0 Å². The third kappa shape index (κ3) is 3.69. The van der Waals surface area contributed by atoms with E-state index < -0.39 is 8.35 Å². The molecule has 0 N–H and O–H groups in total. The van der Waals surface area contributed by atoms with Crippen LogP contribution in [0.5, 0.6) is 5.75 Å². The minimum atomic E-state index is -1.55. The molecule has 1 nitrogen and oxygen atoms in total. The molecule has 0 fully saturated rings. The summed E-state index contributed by atoms with van der Waals surface area (Å²) < 4.78 is 5.69. The van der Waals surface area contributed by atoms with Crippen LogP contribution in [0.25, 0.3) is 0 Å². The average Bonchev–Trinajstić information content (AvgIpc) is 2.20. The second kappa shape index (κ2) is 6.11. The summed E-state index contributed by atoms with van der Waals surface area (Å²) in [6, 6.07) is 6.33. The Hall–Kier alpha value is -0.733. The molecule has 0 amide bonds. The zero-order valence-corrected chi connectivity index (χ0v) is 12.1. The van der Waals surface area contributed by atoms with Crippen molar-refractivity contribution in [2.75, 3.05) is 0 Å². The number of rotatable bonds is 5. The first kappa shape index (κ1) is 13.3. The van der Waals surface area contributed by atoms with E-state index >= 15 is 0 Å². The third-order valence-electron chi connectivity index (χ3n) is 2.40. The minimum Gasteiger partial charge on any atom is -0.532 e. The van der Waals surface area contributed by atoms with Gasteiger partial charge in [-0.15, -0.1) is 17.7 Å². The molecule has 0 bridgehead atoms. The van der Waals surface area contributed by atoms with Gasteiger partial charge in [0.1, 0.15) is 5.75 Å². The molecule has 3 heteroatoms. The Labute approximate surface area is 105 Å². The topological polar surface area (TPSA) is 9.23 Å². The largest absolute Gasteiger partial charge is 0.532 e. The van der Waals surface area contributed by atoms with Crippen LogP contribution in [0, 0.1) is 0 Å². The number of allylic oxidation sites excluding steroid dienone is 1. The Balaban J connectivity index is 3.03. The molecule has 0 spiro atoms. The number of hydrogen-bond donors (Lipinski definition) is 0. The Kier molecular flexibility index (Phi) is 5.09. The molecule has 1 aromatic carbocycles. The van der Waals surface area contributed by atoms with Gasteiger partial charge in [-0.05, 0) is 36.1 Å². The minimum absolute atomic E-state index is 0.531. The second-order valence-corrected chi connectivity index (χ2v) is 7.34. The van der Waals surface area contributed by atoms with Crippen LogP contribution in [-0.2, 0) is 6.42 Å². The summed E-state index contributed by atoms with van der Waals surface area (Å²) in [6.45, 7) is 10.1. The van der Waals surface area contributed by atoms with E-state index in [1.54, 1.807) is 0 Å². The summed E-state index contributed by atoms with van der Waals surface area (Å²) in [5.41, 5.74) is 2.51. The Morgan fingerprint density at radius 2 is 2.19 bits per heavy atom. The molecule has 0 aromatic heterocycles. The van der Waals surface area contributed by atoms with Crippen molar-refractivity contribution in [3.05, 3.63) is 42.0 Å². The molecule has 1 atom stereocenters. The molecular weight excluding hydrogens is 236 g/mol. The molecule has 1 aromatic rings. The predicted molar refractivity (Wildman–Crippen MR) is 73.9 cm³/mol. The van der Waals surface area contributed by atoms with Crippen LogP contribution in [0.3, 0.4) is 0 Å². The van der Waals surface area contributed by atoms with Gasteiger partial charge in [0.25, 0.3) is 0 Å². The lowest BCUT2D eigenvalue weighted by molar-refractivity contribution is 0.584. The molecule has 0 saturated heterocycles. The summed E-state index contributed by atoms with van der Waals surface area (Å²) in [5, 5.41) is 0. The first-order valence-electron chi connectivity index (χ1n) is 5.59. The van der Waals surface area contributed by atoms with Crippen LogP contribution in [0.1, 0.15) is 30.9 Å². The fourth-order valence-corrected chi connectivity index (χ4v) is 2.43. The fourth-order valence-electron chi connectivity index (χ4n) is 1.56. The highest BCUT2D eigenvalue weighted by molar-refractivity contribution is 7.02. The van der Waals surface area contributed by atoms with E-state index in [0.29, 0.717) is 5.92 Å². The SMILES string of the molecule is C=CCc1cc(C(C)C)ccc1O[SiH](C)Cl. The van der Waals surface area contributed by atoms with E-state index in [4.69, 9.17) is 15.5 Å². The van der Waals surface area contributed by atoms with Crippen LogP contribution in [-0.4, -0.2) is 8.35 Å². The second-order valence-electron chi connectivity index (χ2n) is 4.18. The van der Waals surface area contributed by atoms with E-state index in [0.717, 1.165) is 12.2 Å². The van der Waals surface area contributed by atoms with Gasteiger partial charge < -0.3 is 4.43 Å². The van der Waals surface area contributed by atoms with E-state index in [1.165, 1.54) is 11.1 Å². The maximum atomic E-state index is 5.98. The maximum absolute atomic E-state index is 5.98. The van der Waals surface area contributed by atoms with Crippen molar-refractivity contribution in [3.63, 3.8) is 0 Å². The molecule has 0 aliphatic heterocycles. The Morgan fingerprint density at radius 3 is 2.69 bits per heavy atom. The van der Waals surface area contributed by atoms with Crippen LogP contribution in [0.4, 0.5) is 0 Å². The first-order chi connectivity index (χ1) is 7.54. The van der Waals surface area contributed by atoms with Gasteiger partial charge in [-0.1, -0.05) is 32.1 Å². The zero-order chi connectivity index (χ0) is 12.1. The normalized spacial score (nSPS) is 12.6. The van der Waals surface area contributed by atoms with Crippen molar-refractivity contribution in [3.8, 4) is 5.75 Å². The smallest absolute Gasteiger partial charge is 0.328 e. The van der Waals surface area contributed by atoms with E-state index in [9.17, 15) is 0 Å². The third-order valence-corrected chi connectivity index (χ3v) is 3.25. The molecule has 0 heterocycles. The monoisotopic (exact) mass is 254 g/mol. The molecular formula is C13H19ClOSi. The molecule has 1 unspecified atom stereocenters. The van der Waals surface area contributed by atoms with Crippen molar-refractivity contribution < 1.29 is 4.43 Å². The highest BCUT2D eigenvalue weighted by Gasteiger charge is 2.09. The van der Waals surface area contributed by atoms with Crippen molar-refractivity contribution in [2.45, 2.75) is 32.7 Å². The van der Waals surface area contributed by atoms with Gasteiger partial charge in [-0.2, -0.15) is 0 Å². The van der Waals surface area contributed by atoms with E-state index in [2.05, 4.69) is 32.6 Å². The van der Waals surface area contributed by atoms with Crippen molar-refractivity contribution in [1.82, 2.24) is 0 Å². The highest BCUT2D eigenvalue weighted by Crippen LogP contribution is 2.25. The van der Waals surface area contributed by atoms with Crippen molar-refractivity contribution in [1.29, 1.82) is 0 Å². The van der Waals surface area contributed by atoms with Gasteiger partial charge in [0.2, 0.25) is 0 Å². The van der Waals surface area contributed by atoms with E-state index in [1.807, 2.05) is 18.7 Å². The summed E-state index contributed by atoms with van der Waals surface area (Å²) in [4.78, 5) is 0. The van der Waals surface area contributed by atoms with Gasteiger partial charge in [-0.25, -0.2) is 0 Å². The van der Waals surface area contributed by atoms with Crippen molar-refractivity contribution >= 4 is 19.4 Å². The Morgan fingerprint density at radius 1 is 1.50 bits per heavy atom. The molecule has 16 heavy (non-hydrogen) atoms. The zero-order valence-electron chi connectivity index (χ0n) is 10.2. The standard InChI is InChI=1S/C13H19ClOSi/c1-5-6-12-9-11(10(2)3)7-8-13(12)15-16(4)14/h5,7-10,16H,1,6H2,2-4H3.